The fraction of sp³-hybridized carbons (Fsp3) is 0.417. The molecule has 0 unspecified atom stereocenters. The van der Waals surface area contributed by atoms with Crippen LogP contribution < -0.4 is 10.6 Å². The SMILES string of the molecule is Cc1ccc(NCC(=O)NC(C)C)cc1Br. The zero-order chi connectivity index (χ0) is 12.1. The third-order valence-corrected chi connectivity index (χ3v) is 2.93. The number of benzene rings is 1. The van der Waals surface area contributed by atoms with E-state index in [0.29, 0.717) is 6.54 Å². The van der Waals surface area contributed by atoms with Gasteiger partial charge in [0.1, 0.15) is 0 Å². The molecular formula is C12H17BrN2O. The van der Waals surface area contributed by atoms with Crippen LogP contribution in [0.15, 0.2) is 22.7 Å². The standard InChI is InChI=1S/C12H17BrN2O/c1-8(2)15-12(16)7-14-10-5-4-9(3)11(13)6-10/h4-6,8,14H,7H2,1-3H3,(H,15,16). The number of anilines is 1. The molecule has 1 aromatic rings. The van der Waals surface area contributed by atoms with Crippen LogP contribution in [0.25, 0.3) is 0 Å². The first-order valence-corrected chi connectivity index (χ1v) is 6.07. The molecule has 0 spiro atoms. The molecule has 2 N–H and O–H groups in total. The number of halogens is 1. The molecular weight excluding hydrogens is 268 g/mol. The van der Waals surface area contributed by atoms with E-state index >= 15 is 0 Å². The fourth-order valence-electron chi connectivity index (χ4n) is 1.26. The van der Waals surface area contributed by atoms with Gasteiger partial charge < -0.3 is 10.6 Å². The highest BCUT2D eigenvalue weighted by Crippen LogP contribution is 2.20. The Labute approximate surface area is 105 Å². The van der Waals surface area contributed by atoms with Crippen LogP contribution in [0.3, 0.4) is 0 Å². The molecule has 0 aromatic heterocycles. The molecule has 0 fully saturated rings. The number of hydrogen-bond donors (Lipinski definition) is 2. The van der Waals surface area contributed by atoms with Gasteiger partial charge in [0.05, 0.1) is 6.54 Å². The number of aryl methyl sites for hydroxylation is 1. The van der Waals surface area contributed by atoms with Gasteiger partial charge in [-0.2, -0.15) is 0 Å². The highest BCUT2D eigenvalue weighted by molar-refractivity contribution is 9.10. The van der Waals surface area contributed by atoms with E-state index in [1.54, 1.807) is 0 Å². The maximum atomic E-state index is 11.4. The summed E-state index contributed by atoms with van der Waals surface area (Å²) in [4.78, 5) is 11.4. The van der Waals surface area contributed by atoms with Crippen LogP contribution in [0.2, 0.25) is 0 Å². The van der Waals surface area contributed by atoms with Crippen LogP contribution in [0.5, 0.6) is 0 Å². The summed E-state index contributed by atoms with van der Waals surface area (Å²) in [5.74, 6) is 0.00620. The number of hydrogen-bond acceptors (Lipinski definition) is 2. The Morgan fingerprint density at radius 2 is 2.12 bits per heavy atom. The molecule has 0 saturated carbocycles. The lowest BCUT2D eigenvalue weighted by Crippen LogP contribution is -2.34. The van der Waals surface area contributed by atoms with Crippen molar-refractivity contribution in [2.75, 3.05) is 11.9 Å². The van der Waals surface area contributed by atoms with Gasteiger partial charge in [-0.05, 0) is 38.5 Å². The van der Waals surface area contributed by atoms with Crippen LogP contribution >= 0.6 is 15.9 Å². The van der Waals surface area contributed by atoms with Crippen molar-refractivity contribution < 1.29 is 4.79 Å². The zero-order valence-electron chi connectivity index (χ0n) is 9.80. The Morgan fingerprint density at radius 1 is 1.44 bits per heavy atom. The van der Waals surface area contributed by atoms with Crippen LogP contribution in [-0.4, -0.2) is 18.5 Å². The number of amides is 1. The summed E-state index contributed by atoms with van der Waals surface area (Å²) in [5.41, 5.74) is 2.12. The molecule has 16 heavy (non-hydrogen) atoms. The largest absolute Gasteiger partial charge is 0.376 e. The minimum Gasteiger partial charge on any atom is -0.376 e. The van der Waals surface area contributed by atoms with Crippen molar-refractivity contribution in [2.45, 2.75) is 26.8 Å². The van der Waals surface area contributed by atoms with Gasteiger partial charge in [0.2, 0.25) is 5.91 Å². The summed E-state index contributed by atoms with van der Waals surface area (Å²) in [7, 11) is 0. The number of carbonyl (C=O) groups is 1. The molecule has 0 saturated heterocycles. The summed E-state index contributed by atoms with van der Waals surface area (Å²) < 4.78 is 1.04. The van der Waals surface area contributed by atoms with E-state index in [-0.39, 0.29) is 11.9 Å². The molecule has 0 aliphatic rings. The molecule has 0 radical (unpaired) electrons. The lowest BCUT2D eigenvalue weighted by atomic mass is 10.2. The normalized spacial score (nSPS) is 10.3. The third kappa shape index (κ3) is 4.23. The van der Waals surface area contributed by atoms with Crippen molar-refractivity contribution >= 4 is 27.5 Å². The second-order valence-corrected chi connectivity index (χ2v) is 4.89. The Kier molecular flexibility index (Phi) is 4.80. The van der Waals surface area contributed by atoms with Crippen molar-refractivity contribution in [3.63, 3.8) is 0 Å². The average molecular weight is 285 g/mol. The predicted molar refractivity (Wildman–Crippen MR) is 70.6 cm³/mol. The lowest BCUT2D eigenvalue weighted by molar-refractivity contribution is -0.119. The second-order valence-electron chi connectivity index (χ2n) is 4.04. The van der Waals surface area contributed by atoms with Crippen LogP contribution in [0.4, 0.5) is 5.69 Å². The van der Waals surface area contributed by atoms with E-state index in [0.717, 1.165) is 10.2 Å². The monoisotopic (exact) mass is 284 g/mol. The quantitative estimate of drug-likeness (QED) is 0.893. The van der Waals surface area contributed by atoms with Gasteiger partial charge in [0.15, 0.2) is 0 Å². The predicted octanol–water partition coefficient (Wildman–Crippen LogP) is 2.69. The average Bonchev–Trinajstić information content (AvgIpc) is 2.19. The summed E-state index contributed by atoms with van der Waals surface area (Å²) >= 11 is 3.45. The highest BCUT2D eigenvalue weighted by atomic mass is 79.9. The summed E-state index contributed by atoms with van der Waals surface area (Å²) in [6.07, 6.45) is 0. The van der Waals surface area contributed by atoms with Gasteiger partial charge in [-0.1, -0.05) is 22.0 Å². The fourth-order valence-corrected chi connectivity index (χ4v) is 1.64. The molecule has 4 heteroatoms. The Balaban J connectivity index is 2.48. The molecule has 0 bridgehead atoms. The smallest absolute Gasteiger partial charge is 0.239 e. The molecule has 0 atom stereocenters. The van der Waals surface area contributed by atoms with Gasteiger partial charge in [0.25, 0.3) is 0 Å². The van der Waals surface area contributed by atoms with E-state index in [9.17, 15) is 4.79 Å². The number of nitrogens with one attached hydrogen (secondary N) is 2. The molecule has 0 aliphatic heterocycles. The summed E-state index contributed by atoms with van der Waals surface area (Å²) in [5, 5.41) is 5.90. The maximum Gasteiger partial charge on any atom is 0.239 e. The molecule has 0 heterocycles. The van der Waals surface area contributed by atoms with Crippen molar-refractivity contribution in [3.05, 3.63) is 28.2 Å². The van der Waals surface area contributed by atoms with E-state index in [1.807, 2.05) is 39.0 Å². The van der Waals surface area contributed by atoms with Crippen LogP contribution in [-0.2, 0) is 4.79 Å². The van der Waals surface area contributed by atoms with E-state index in [2.05, 4.69) is 26.6 Å². The first kappa shape index (κ1) is 13.0. The topological polar surface area (TPSA) is 41.1 Å². The maximum absolute atomic E-state index is 11.4. The molecule has 0 aliphatic carbocycles. The van der Waals surface area contributed by atoms with Gasteiger partial charge in [-0.3, -0.25) is 4.79 Å². The minimum absolute atomic E-state index is 0.00620. The number of carbonyl (C=O) groups excluding carboxylic acids is 1. The van der Waals surface area contributed by atoms with Crippen LogP contribution in [0.1, 0.15) is 19.4 Å². The highest BCUT2D eigenvalue weighted by Gasteiger charge is 2.03. The third-order valence-electron chi connectivity index (χ3n) is 2.07. The first-order chi connectivity index (χ1) is 7.49. The summed E-state index contributed by atoms with van der Waals surface area (Å²) in [6, 6.07) is 6.12. The van der Waals surface area contributed by atoms with Gasteiger partial charge in [-0.25, -0.2) is 0 Å². The van der Waals surface area contributed by atoms with Gasteiger partial charge >= 0.3 is 0 Å². The molecule has 88 valence electrons. The second kappa shape index (κ2) is 5.89. The summed E-state index contributed by atoms with van der Waals surface area (Å²) in [6.45, 7) is 6.22. The Hall–Kier alpha value is -1.03. The van der Waals surface area contributed by atoms with E-state index in [4.69, 9.17) is 0 Å². The lowest BCUT2D eigenvalue weighted by Gasteiger charge is -2.10. The van der Waals surface area contributed by atoms with E-state index < -0.39 is 0 Å². The van der Waals surface area contributed by atoms with Gasteiger partial charge in [0, 0.05) is 16.2 Å². The Bertz CT molecular complexity index is 377. The molecule has 1 rings (SSSR count). The van der Waals surface area contributed by atoms with Crippen molar-refractivity contribution in [1.82, 2.24) is 5.32 Å². The minimum atomic E-state index is 0.00620. The van der Waals surface area contributed by atoms with Crippen molar-refractivity contribution in [2.24, 2.45) is 0 Å². The first-order valence-electron chi connectivity index (χ1n) is 5.28. The molecule has 1 amide bonds. The zero-order valence-corrected chi connectivity index (χ0v) is 11.4. The van der Waals surface area contributed by atoms with Crippen LogP contribution in [0, 0.1) is 6.92 Å². The molecule has 1 aromatic carbocycles. The number of rotatable bonds is 4. The van der Waals surface area contributed by atoms with Crippen molar-refractivity contribution in [1.29, 1.82) is 0 Å². The van der Waals surface area contributed by atoms with E-state index in [1.165, 1.54) is 5.56 Å². The van der Waals surface area contributed by atoms with Gasteiger partial charge in [-0.15, -0.1) is 0 Å². The molecule has 3 nitrogen and oxygen atoms in total. The van der Waals surface area contributed by atoms with Crippen molar-refractivity contribution in [3.8, 4) is 0 Å². The Morgan fingerprint density at radius 3 is 2.69 bits per heavy atom.